The van der Waals surface area contributed by atoms with Gasteiger partial charge in [-0.1, -0.05) is 12.8 Å². The van der Waals surface area contributed by atoms with E-state index in [1.807, 2.05) is 0 Å². The van der Waals surface area contributed by atoms with Crippen molar-refractivity contribution in [1.29, 1.82) is 0 Å². The second-order valence-corrected chi connectivity index (χ2v) is 4.90. The van der Waals surface area contributed by atoms with E-state index in [0.717, 1.165) is 25.7 Å². The van der Waals surface area contributed by atoms with Crippen LogP contribution in [0.1, 0.15) is 44.9 Å². The zero-order valence-electron chi connectivity index (χ0n) is 9.65. The summed E-state index contributed by atoms with van der Waals surface area (Å²) in [6.45, 7) is 0.571. The number of aliphatic carboxylic acids is 1. The smallest absolute Gasteiger partial charge is 0.320 e. The highest BCUT2D eigenvalue weighted by Gasteiger charge is 2.28. The summed E-state index contributed by atoms with van der Waals surface area (Å²) in [5.74, 6) is -0.748. The highest BCUT2D eigenvalue weighted by Crippen LogP contribution is 2.22. The average molecular weight is 227 g/mol. The first kappa shape index (κ1) is 11.9. The molecule has 0 aliphatic heterocycles. The fourth-order valence-corrected chi connectivity index (χ4v) is 2.22. The van der Waals surface area contributed by atoms with Gasteiger partial charge in [0.25, 0.3) is 0 Å². The molecule has 2 aliphatic carbocycles. The van der Waals surface area contributed by atoms with Crippen molar-refractivity contribution in [2.45, 2.75) is 63.1 Å². The molecule has 4 heteroatoms. The fourth-order valence-electron chi connectivity index (χ4n) is 2.22. The van der Waals surface area contributed by atoms with E-state index in [2.05, 4.69) is 5.32 Å². The number of ether oxygens (including phenoxy) is 1. The number of rotatable bonds is 7. The zero-order valence-corrected chi connectivity index (χ0v) is 9.65. The van der Waals surface area contributed by atoms with Gasteiger partial charge in [-0.2, -0.15) is 0 Å². The van der Waals surface area contributed by atoms with Crippen LogP contribution in [0.15, 0.2) is 0 Å². The molecule has 0 saturated heterocycles. The molecule has 0 aromatic rings. The monoisotopic (exact) mass is 227 g/mol. The van der Waals surface area contributed by atoms with Crippen LogP contribution in [0.25, 0.3) is 0 Å². The molecule has 1 atom stereocenters. The lowest BCUT2D eigenvalue weighted by molar-refractivity contribution is -0.140. The van der Waals surface area contributed by atoms with Gasteiger partial charge < -0.3 is 15.2 Å². The molecule has 92 valence electrons. The van der Waals surface area contributed by atoms with Crippen LogP contribution >= 0.6 is 0 Å². The highest BCUT2D eigenvalue weighted by molar-refractivity contribution is 5.73. The molecule has 0 radical (unpaired) electrons. The van der Waals surface area contributed by atoms with Gasteiger partial charge in [-0.15, -0.1) is 0 Å². The molecule has 0 spiro atoms. The normalized spacial score (nSPS) is 23.5. The Morgan fingerprint density at radius 1 is 1.31 bits per heavy atom. The summed E-state index contributed by atoms with van der Waals surface area (Å²) in [6.07, 6.45) is 8.01. The standard InChI is InChI=1S/C12H21NO3/c14-12(15)11(13-9-5-6-9)7-8-16-10-3-1-2-4-10/h9-11,13H,1-8H2,(H,14,15). The van der Waals surface area contributed by atoms with Gasteiger partial charge in [0.2, 0.25) is 0 Å². The van der Waals surface area contributed by atoms with Gasteiger partial charge in [0.05, 0.1) is 6.10 Å². The van der Waals surface area contributed by atoms with Crippen LogP contribution in [0.4, 0.5) is 0 Å². The van der Waals surface area contributed by atoms with Gasteiger partial charge in [0.1, 0.15) is 6.04 Å². The summed E-state index contributed by atoms with van der Waals surface area (Å²) in [7, 11) is 0. The maximum atomic E-state index is 11.0. The van der Waals surface area contributed by atoms with Crippen LogP contribution in [0.2, 0.25) is 0 Å². The molecule has 0 heterocycles. The number of nitrogens with one attached hydrogen (secondary N) is 1. The Morgan fingerprint density at radius 3 is 2.56 bits per heavy atom. The summed E-state index contributed by atoms with van der Waals surface area (Å²) in [6, 6.07) is 0.0153. The molecule has 2 rings (SSSR count). The number of carbonyl (C=O) groups is 1. The van der Waals surface area contributed by atoms with Crippen LogP contribution in [0.3, 0.4) is 0 Å². The second-order valence-electron chi connectivity index (χ2n) is 4.90. The van der Waals surface area contributed by atoms with Crippen molar-refractivity contribution in [1.82, 2.24) is 5.32 Å². The van der Waals surface area contributed by atoms with Crippen LogP contribution < -0.4 is 5.32 Å². The second kappa shape index (κ2) is 5.64. The summed E-state index contributed by atoms with van der Waals surface area (Å²) in [5, 5.41) is 12.2. The Hall–Kier alpha value is -0.610. The third-order valence-electron chi connectivity index (χ3n) is 3.37. The summed E-state index contributed by atoms with van der Waals surface area (Å²) in [4.78, 5) is 11.0. The van der Waals surface area contributed by atoms with Gasteiger partial charge in [0, 0.05) is 12.6 Å². The first-order valence-corrected chi connectivity index (χ1v) is 6.36. The first-order valence-electron chi connectivity index (χ1n) is 6.36. The molecule has 2 saturated carbocycles. The van der Waals surface area contributed by atoms with Gasteiger partial charge in [-0.25, -0.2) is 0 Å². The third kappa shape index (κ3) is 3.76. The molecule has 0 aromatic heterocycles. The average Bonchev–Trinajstić information content (AvgIpc) is 2.91. The van der Waals surface area contributed by atoms with E-state index in [1.54, 1.807) is 0 Å². The molecule has 2 fully saturated rings. The molecule has 0 amide bonds. The minimum absolute atomic E-state index is 0.385. The van der Waals surface area contributed by atoms with Crippen molar-refractivity contribution >= 4 is 5.97 Å². The van der Waals surface area contributed by atoms with Gasteiger partial charge >= 0.3 is 5.97 Å². The Morgan fingerprint density at radius 2 is 2.00 bits per heavy atom. The van der Waals surface area contributed by atoms with Gasteiger partial charge in [0.15, 0.2) is 0 Å². The molecular formula is C12H21NO3. The minimum atomic E-state index is -0.748. The maximum Gasteiger partial charge on any atom is 0.320 e. The number of hydrogen-bond donors (Lipinski definition) is 2. The van der Waals surface area contributed by atoms with Crippen LogP contribution in [-0.4, -0.2) is 35.9 Å². The molecule has 0 aromatic carbocycles. The highest BCUT2D eigenvalue weighted by atomic mass is 16.5. The molecule has 2 aliphatic rings. The number of carboxylic acids is 1. The minimum Gasteiger partial charge on any atom is -0.480 e. The lowest BCUT2D eigenvalue weighted by Crippen LogP contribution is -2.39. The number of carboxylic acid groups (broad SMARTS) is 1. The number of hydrogen-bond acceptors (Lipinski definition) is 3. The van der Waals surface area contributed by atoms with E-state index in [9.17, 15) is 4.79 Å². The van der Waals surface area contributed by atoms with Crippen LogP contribution in [0, 0.1) is 0 Å². The predicted molar refractivity (Wildman–Crippen MR) is 60.4 cm³/mol. The largest absolute Gasteiger partial charge is 0.480 e. The Bertz CT molecular complexity index is 234. The topological polar surface area (TPSA) is 58.6 Å². The van der Waals surface area contributed by atoms with E-state index in [-0.39, 0.29) is 0 Å². The van der Waals surface area contributed by atoms with Crippen LogP contribution in [0.5, 0.6) is 0 Å². The Labute approximate surface area is 96.4 Å². The van der Waals surface area contributed by atoms with Crippen molar-refractivity contribution in [3.63, 3.8) is 0 Å². The van der Waals surface area contributed by atoms with Crippen molar-refractivity contribution in [3.8, 4) is 0 Å². The SMILES string of the molecule is O=C(O)C(CCOC1CCCC1)NC1CC1. The van der Waals surface area contributed by atoms with E-state index in [0.29, 0.717) is 25.2 Å². The van der Waals surface area contributed by atoms with Crippen LogP contribution in [-0.2, 0) is 9.53 Å². The molecule has 1 unspecified atom stereocenters. The van der Waals surface area contributed by atoms with Crippen molar-refractivity contribution in [2.75, 3.05) is 6.61 Å². The summed E-state index contributed by atoms with van der Waals surface area (Å²) >= 11 is 0. The Kier molecular flexibility index (Phi) is 4.18. The van der Waals surface area contributed by atoms with E-state index >= 15 is 0 Å². The third-order valence-corrected chi connectivity index (χ3v) is 3.37. The van der Waals surface area contributed by atoms with E-state index in [4.69, 9.17) is 9.84 Å². The van der Waals surface area contributed by atoms with Crippen molar-refractivity contribution in [3.05, 3.63) is 0 Å². The summed E-state index contributed by atoms with van der Waals surface area (Å²) in [5.41, 5.74) is 0. The van der Waals surface area contributed by atoms with Crippen molar-refractivity contribution in [2.24, 2.45) is 0 Å². The molecule has 0 bridgehead atoms. The summed E-state index contributed by atoms with van der Waals surface area (Å²) < 4.78 is 5.68. The lowest BCUT2D eigenvalue weighted by Gasteiger charge is -2.16. The molecule has 4 nitrogen and oxygen atoms in total. The van der Waals surface area contributed by atoms with Crippen molar-refractivity contribution < 1.29 is 14.6 Å². The van der Waals surface area contributed by atoms with E-state index in [1.165, 1.54) is 12.8 Å². The molecule has 2 N–H and O–H groups in total. The molecule has 16 heavy (non-hydrogen) atoms. The molecular weight excluding hydrogens is 206 g/mol. The van der Waals surface area contributed by atoms with Gasteiger partial charge in [-0.3, -0.25) is 4.79 Å². The van der Waals surface area contributed by atoms with E-state index < -0.39 is 12.0 Å². The Balaban J connectivity index is 1.62. The lowest BCUT2D eigenvalue weighted by atomic mass is 10.2. The maximum absolute atomic E-state index is 11.0. The zero-order chi connectivity index (χ0) is 11.4. The first-order chi connectivity index (χ1) is 7.75. The van der Waals surface area contributed by atoms with Gasteiger partial charge in [-0.05, 0) is 32.1 Å². The predicted octanol–water partition coefficient (Wildman–Crippen LogP) is 1.54. The fraction of sp³-hybridized carbons (Fsp3) is 0.917. The quantitative estimate of drug-likeness (QED) is 0.692.